The van der Waals surface area contributed by atoms with Crippen molar-refractivity contribution >= 4 is 11.6 Å². The quantitative estimate of drug-likeness (QED) is 0.773. The van der Waals surface area contributed by atoms with Crippen LogP contribution in [-0.4, -0.2) is 45.0 Å². The molecule has 0 spiro atoms. The monoisotopic (exact) mass is 282 g/mol. The first-order chi connectivity index (χ1) is 9.65. The fourth-order valence-electron chi connectivity index (χ4n) is 2.02. The van der Waals surface area contributed by atoms with Gasteiger partial charge < -0.3 is 20.1 Å². The summed E-state index contributed by atoms with van der Waals surface area (Å²) in [5, 5.41) is 5.45. The Kier molecular flexibility index (Phi) is 4.92. The van der Waals surface area contributed by atoms with Crippen LogP contribution < -0.4 is 15.4 Å². The number of hydrogen-bond donors (Lipinski definition) is 2. The maximum absolute atomic E-state index is 14.3. The minimum absolute atomic E-state index is 0.0472. The van der Waals surface area contributed by atoms with Crippen LogP contribution in [0.1, 0.15) is 6.42 Å². The molecule has 0 aromatic heterocycles. The van der Waals surface area contributed by atoms with Gasteiger partial charge in [-0.25, -0.2) is 4.39 Å². The molecule has 1 aliphatic rings. The molecule has 6 heteroatoms. The van der Waals surface area contributed by atoms with Crippen LogP contribution in [0.3, 0.4) is 0 Å². The van der Waals surface area contributed by atoms with Gasteiger partial charge in [-0.2, -0.15) is 0 Å². The number of carbonyl (C=O) groups is 1. The van der Waals surface area contributed by atoms with Crippen LogP contribution in [0.25, 0.3) is 0 Å². The normalized spacial score (nSPS) is 21.7. The Labute approximate surface area is 117 Å². The van der Waals surface area contributed by atoms with Crippen LogP contribution in [0, 0.1) is 0 Å². The fraction of sp³-hybridized carbons (Fsp3) is 0.500. The number of carbonyl (C=O) groups excluding carboxylic acids is 1. The SMILES string of the molecule is COCCOc1ccccc1NC(=O)[C@@]1(F)CCNC1. The molecule has 1 heterocycles. The molecule has 0 bridgehead atoms. The molecule has 0 unspecified atom stereocenters. The number of nitrogens with one attached hydrogen (secondary N) is 2. The highest BCUT2D eigenvalue weighted by molar-refractivity contribution is 5.98. The zero-order chi connectivity index (χ0) is 14.4. The Hall–Kier alpha value is -1.66. The summed E-state index contributed by atoms with van der Waals surface area (Å²) in [6, 6.07) is 6.96. The number of halogens is 1. The summed E-state index contributed by atoms with van der Waals surface area (Å²) in [4.78, 5) is 12.0. The molecule has 2 rings (SSSR count). The Morgan fingerprint density at radius 2 is 2.25 bits per heavy atom. The summed E-state index contributed by atoms with van der Waals surface area (Å²) in [5.41, 5.74) is -1.38. The number of ether oxygens (including phenoxy) is 2. The molecule has 0 saturated carbocycles. The molecule has 20 heavy (non-hydrogen) atoms. The molecule has 1 aliphatic heterocycles. The van der Waals surface area contributed by atoms with E-state index in [0.29, 0.717) is 31.2 Å². The lowest BCUT2D eigenvalue weighted by atomic mass is 10.0. The molecule has 1 aromatic rings. The van der Waals surface area contributed by atoms with Crippen molar-refractivity contribution in [3.8, 4) is 5.75 Å². The van der Waals surface area contributed by atoms with Gasteiger partial charge >= 0.3 is 0 Å². The molecule has 1 fully saturated rings. The second kappa shape index (κ2) is 6.67. The van der Waals surface area contributed by atoms with E-state index in [1.165, 1.54) is 0 Å². The third-order valence-corrected chi connectivity index (χ3v) is 3.19. The molecule has 1 atom stereocenters. The van der Waals surface area contributed by atoms with Gasteiger partial charge in [0.1, 0.15) is 12.4 Å². The van der Waals surface area contributed by atoms with Crippen LogP contribution in [0.2, 0.25) is 0 Å². The van der Waals surface area contributed by atoms with Crippen molar-refractivity contribution in [2.75, 3.05) is 38.7 Å². The van der Waals surface area contributed by atoms with Gasteiger partial charge in [-0.1, -0.05) is 12.1 Å². The third kappa shape index (κ3) is 3.46. The maximum Gasteiger partial charge on any atom is 0.263 e. The highest BCUT2D eigenvalue weighted by atomic mass is 19.1. The van der Waals surface area contributed by atoms with Crippen LogP contribution in [0.4, 0.5) is 10.1 Å². The van der Waals surface area contributed by atoms with E-state index in [2.05, 4.69) is 10.6 Å². The predicted octanol–water partition coefficient (Wildman–Crippen LogP) is 1.35. The van der Waals surface area contributed by atoms with E-state index in [1.54, 1.807) is 31.4 Å². The van der Waals surface area contributed by atoms with Gasteiger partial charge in [0.2, 0.25) is 5.67 Å². The average molecular weight is 282 g/mol. The predicted molar refractivity (Wildman–Crippen MR) is 73.8 cm³/mol. The second-order valence-electron chi connectivity index (χ2n) is 4.68. The largest absolute Gasteiger partial charge is 0.489 e. The number of methoxy groups -OCH3 is 1. The first kappa shape index (κ1) is 14.7. The zero-order valence-electron chi connectivity index (χ0n) is 11.4. The number of para-hydroxylation sites is 2. The lowest BCUT2D eigenvalue weighted by Gasteiger charge is -2.19. The smallest absolute Gasteiger partial charge is 0.263 e. The molecule has 5 nitrogen and oxygen atoms in total. The Morgan fingerprint density at radius 3 is 2.95 bits per heavy atom. The van der Waals surface area contributed by atoms with E-state index in [0.717, 1.165) is 0 Å². The fourth-order valence-corrected chi connectivity index (χ4v) is 2.02. The first-order valence-corrected chi connectivity index (χ1v) is 6.57. The summed E-state index contributed by atoms with van der Waals surface area (Å²) in [7, 11) is 1.58. The highest BCUT2D eigenvalue weighted by Gasteiger charge is 2.41. The number of alkyl halides is 1. The van der Waals surface area contributed by atoms with Crippen LogP contribution in [-0.2, 0) is 9.53 Å². The molecule has 0 radical (unpaired) electrons. The first-order valence-electron chi connectivity index (χ1n) is 6.57. The summed E-state index contributed by atoms with van der Waals surface area (Å²) in [6.07, 6.45) is 0.186. The van der Waals surface area contributed by atoms with Gasteiger partial charge in [-0.15, -0.1) is 0 Å². The van der Waals surface area contributed by atoms with E-state index in [1.807, 2.05) is 0 Å². The summed E-state index contributed by atoms with van der Waals surface area (Å²) < 4.78 is 24.7. The molecule has 2 N–H and O–H groups in total. The van der Waals surface area contributed by atoms with Crippen molar-refractivity contribution in [1.29, 1.82) is 0 Å². The van der Waals surface area contributed by atoms with Crippen LogP contribution in [0.15, 0.2) is 24.3 Å². The van der Waals surface area contributed by atoms with Gasteiger partial charge in [-0.3, -0.25) is 4.79 Å². The van der Waals surface area contributed by atoms with Crippen LogP contribution in [0.5, 0.6) is 5.75 Å². The Bertz CT molecular complexity index is 461. The standard InChI is InChI=1S/C14H19FN2O3/c1-19-8-9-20-12-5-3-2-4-11(12)17-13(18)14(15)6-7-16-10-14/h2-5,16H,6-10H2,1H3,(H,17,18)/t14-/m1/s1. The summed E-state index contributed by atoms with van der Waals surface area (Å²) in [5.74, 6) is -0.127. The Morgan fingerprint density at radius 1 is 1.45 bits per heavy atom. The van der Waals surface area contributed by atoms with Crippen molar-refractivity contribution in [2.24, 2.45) is 0 Å². The maximum atomic E-state index is 14.3. The van der Waals surface area contributed by atoms with Gasteiger partial charge in [0.15, 0.2) is 0 Å². The van der Waals surface area contributed by atoms with E-state index in [4.69, 9.17) is 9.47 Å². The van der Waals surface area contributed by atoms with Crippen molar-refractivity contribution in [3.63, 3.8) is 0 Å². The van der Waals surface area contributed by atoms with E-state index in [9.17, 15) is 9.18 Å². The number of benzene rings is 1. The average Bonchev–Trinajstić information content (AvgIpc) is 2.89. The van der Waals surface area contributed by atoms with Crippen molar-refractivity contribution in [1.82, 2.24) is 5.32 Å². The van der Waals surface area contributed by atoms with Gasteiger partial charge in [0, 0.05) is 20.1 Å². The van der Waals surface area contributed by atoms with Gasteiger partial charge in [-0.05, 0) is 18.7 Å². The summed E-state index contributed by atoms with van der Waals surface area (Å²) in [6.45, 7) is 1.37. The molecule has 1 aromatic carbocycles. The highest BCUT2D eigenvalue weighted by Crippen LogP contribution is 2.27. The number of anilines is 1. The number of amides is 1. The topological polar surface area (TPSA) is 59.6 Å². The minimum Gasteiger partial charge on any atom is -0.489 e. The summed E-state index contributed by atoms with van der Waals surface area (Å²) >= 11 is 0. The molecule has 0 aliphatic carbocycles. The zero-order valence-corrected chi connectivity index (χ0v) is 11.4. The van der Waals surface area contributed by atoms with Crippen LogP contribution >= 0.6 is 0 Å². The van der Waals surface area contributed by atoms with Gasteiger partial charge in [0.05, 0.1) is 12.3 Å². The minimum atomic E-state index is -1.85. The number of hydrogen-bond acceptors (Lipinski definition) is 4. The molecule has 110 valence electrons. The molecule has 1 saturated heterocycles. The van der Waals surface area contributed by atoms with E-state index in [-0.39, 0.29) is 13.0 Å². The molecular weight excluding hydrogens is 263 g/mol. The van der Waals surface area contributed by atoms with Crippen molar-refractivity contribution < 1.29 is 18.7 Å². The van der Waals surface area contributed by atoms with E-state index >= 15 is 0 Å². The Balaban J connectivity index is 2.03. The van der Waals surface area contributed by atoms with Gasteiger partial charge in [0.25, 0.3) is 5.91 Å². The number of rotatable bonds is 6. The molecular formula is C14H19FN2O3. The lowest BCUT2D eigenvalue weighted by Crippen LogP contribution is -2.40. The molecule has 1 amide bonds. The lowest BCUT2D eigenvalue weighted by molar-refractivity contribution is -0.126. The van der Waals surface area contributed by atoms with E-state index < -0.39 is 11.6 Å². The second-order valence-corrected chi connectivity index (χ2v) is 4.68. The van der Waals surface area contributed by atoms with Crippen molar-refractivity contribution in [2.45, 2.75) is 12.1 Å². The van der Waals surface area contributed by atoms with Crippen molar-refractivity contribution in [3.05, 3.63) is 24.3 Å². The third-order valence-electron chi connectivity index (χ3n) is 3.19.